The fraction of sp³-hybridized carbons (Fsp3) is 0.545. The fourth-order valence-electron chi connectivity index (χ4n) is 10.7. The Labute approximate surface area is 426 Å². The topological polar surface area (TPSA) is 236 Å². The van der Waals surface area contributed by atoms with Gasteiger partial charge in [0.25, 0.3) is 11.7 Å². The third-order valence-corrected chi connectivity index (χ3v) is 15.2. The summed E-state index contributed by atoms with van der Waals surface area (Å²) in [6.07, 6.45) is 7.43. The van der Waals surface area contributed by atoms with Crippen LogP contribution in [0.25, 0.3) is 10.8 Å². The molecule has 2 fully saturated rings. The Balaban J connectivity index is 1.09. The Hall–Kier alpha value is -6.21. The molecule has 2 saturated heterocycles. The first-order valence-corrected chi connectivity index (χ1v) is 25.7. The van der Waals surface area contributed by atoms with Gasteiger partial charge < -0.3 is 49.8 Å². The number of pyridine rings is 1. The Kier molecular flexibility index (Phi) is 15.8. The molecule has 3 aromatic rings. The highest BCUT2D eigenvalue weighted by Gasteiger charge is 2.50. The van der Waals surface area contributed by atoms with E-state index in [0.29, 0.717) is 64.6 Å². The van der Waals surface area contributed by atoms with Crippen LogP contribution < -0.4 is 20.8 Å². The summed E-state index contributed by atoms with van der Waals surface area (Å²) < 4.78 is 18.4. The number of piperazine rings is 1. The van der Waals surface area contributed by atoms with Crippen LogP contribution in [0.5, 0.6) is 17.2 Å². The monoisotopic (exact) mass is 1010 g/mol. The van der Waals surface area contributed by atoms with Gasteiger partial charge in [0, 0.05) is 113 Å². The van der Waals surface area contributed by atoms with Crippen molar-refractivity contribution in [2.45, 2.75) is 124 Å². The molecule has 18 nitrogen and oxygen atoms in total. The molecule has 2 aromatic carbocycles. The molecule has 0 aliphatic carbocycles. The summed E-state index contributed by atoms with van der Waals surface area (Å²) >= 11 is 0. The second kappa shape index (κ2) is 21.7. The molecule has 392 valence electrons. The molecule has 1 spiro atoms. The van der Waals surface area contributed by atoms with Crippen LogP contribution in [-0.2, 0) is 30.4 Å². The number of piperidine rings is 1. The minimum absolute atomic E-state index is 0.0377. The molecule has 0 saturated carbocycles. The van der Waals surface area contributed by atoms with Gasteiger partial charge in [0.15, 0.2) is 11.4 Å². The van der Waals surface area contributed by atoms with Crippen molar-refractivity contribution in [3.63, 3.8) is 0 Å². The first-order valence-electron chi connectivity index (χ1n) is 25.7. The summed E-state index contributed by atoms with van der Waals surface area (Å²) in [5, 5.41) is 50.7. The van der Waals surface area contributed by atoms with Gasteiger partial charge in [0.05, 0.1) is 40.5 Å². The number of aliphatic hydroxyl groups is 2. The second-order valence-corrected chi connectivity index (χ2v) is 21.1. The maximum absolute atomic E-state index is 14.8. The maximum atomic E-state index is 14.8. The molecule has 0 radical (unpaired) electrons. The van der Waals surface area contributed by atoms with E-state index in [1.807, 2.05) is 18.2 Å². The van der Waals surface area contributed by atoms with Crippen molar-refractivity contribution < 1.29 is 53.8 Å². The number of hydrogen-bond donors (Lipinski definition) is 5. The van der Waals surface area contributed by atoms with Crippen LogP contribution in [0.2, 0.25) is 0 Å². The lowest BCUT2D eigenvalue weighted by atomic mass is 9.81. The smallest absolute Gasteiger partial charge is 0.315 e. The number of allylic oxidation sites excluding steroid dienone is 3. The quantitative estimate of drug-likeness (QED) is 0.119. The molecule has 6 aliphatic heterocycles. The number of carbonyl (C=O) groups excluding carboxylic acids is 4. The van der Waals surface area contributed by atoms with E-state index in [-0.39, 0.29) is 74.1 Å². The molecule has 7 atom stereocenters. The Bertz CT molecular complexity index is 2830. The van der Waals surface area contributed by atoms with E-state index >= 15 is 0 Å². The van der Waals surface area contributed by atoms with Crippen LogP contribution in [0.4, 0.5) is 5.69 Å². The normalized spacial score (nSPS) is 28.6. The number of phenolic OH excluding ortho intramolecular Hbond substituents is 2. The zero-order valence-corrected chi connectivity index (χ0v) is 43.3. The highest BCUT2D eigenvalue weighted by molar-refractivity contribution is 6.19. The van der Waals surface area contributed by atoms with Gasteiger partial charge in [-0.2, -0.15) is 0 Å². The van der Waals surface area contributed by atoms with E-state index in [1.165, 1.54) is 13.2 Å². The molecule has 1 aromatic heterocycles. The maximum Gasteiger partial charge on any atom is 0.315 e. The third-order valence-electron chi connectivity index (χ3n) is 15.2. The van der Waals surface area contributed by atoms with Crippen LogP contribution in [0.15, 0.2) is 70.5 Å². The zero-order chi connectivity index (χ0) is 52.5. The number of phenols is 2. The van der Waals surface area contributed by atoms with E-state index in [1.54, 1.807) is 70.0 Å². The molecule has 18 heteroatoms. The van der Waals surface area contributed by atoms with Gasteiger partial charge in [-0.05, 0) is 50.8 Å². The molecule has 73 heavy (non-hydrogen) atoms. The molecular formula is C55H71N7O11. The number of likely N-dealkylation sites (tertiary alicyclic amines) is 1. The van der Waals surface area contributed by atoms with Crippen LogP contribution in [0.1, 0.15) is 102 Å². The lowest BCUT2D eigenvalue weighted by Gasteiger charge is -2.36. The lowest BCUT2D eigenvalue weighted by molar-refractivity contribution is -0.159. The number of anilines is 1. The SMILES string of the molecule is C/C1=C/C=C/C(C)[C@H](O)[C@@H](C)C(O)[C@@H](C)[C@H](OC(=O)CC(=O)N2CCN(Cc3ccccn3)CC2)CC/C=C/O[C@@]2(C)Oc3c(C)c(O)c4c(O)c(c5c(c4c3C2=O)=NC2(CCN(CC(C)C)CC2)N=5)NC1=O. The number of esters is 1. The molecule has 2 amide bonds. The number of nitrogens with one attached hydrogen (secondary N) is 1. The minimum atomic E-state index is -1.94. The summed E-state index contributed by atoms with van der Waals surface area (Å²) in [7, 11) is 0. The van der Waals surface area contributed by atoms with Gasteiger partial charge in [0.1, 0.15) is 35.1 Å². The number of Topliss-reactive ketones (excluding diaryl/α,β-unsaturated/α-hetero) is 1. The zero-order valence-electron chi connectivity index (χ0n) is 43.3. The highest BCUT2D eigenvalue weighted by atomic mass is 16.7. The van der Waals surface area contributed by atoms with Gasteiger partial charge in [-0.15, -0.1) is 0 Å². The van der Waals surface area contributed by atoms with Crippen molar-refractivity contribution in [2.75, 3.05) is 51.1 Å². The van der Waals surface area contributed by atoms with Crippen LogP contribution in [0.3, 0.4) is 0 Å². The summed E-state index contributed by atoms with van der Waals surface area (Å²) in [6, 6.07) is 5.75. The summed E-state index contributed by atoms with van der Waals surface area (Å²) in [5.41, 5.74) is 0.332. The number of benzene rings is 2. The van der Waals surface area contributed by atoms with Gasteiger partial charge in [-0.1, -0.05) is 58.9 Å². The first kappa shape index (κ1) is 53.1. The van der Waals surface area contributed by atoms with Crippen molar-refractivity contribution in [1.29, 1.82) is 0 Å². The minimum Gasteiger partial charge on any atom is -0.507 e. The third kappa shape index (κ3) is 11.0. The number of rotatable bonds is 7. The molecule has 7 heterocycles. The van der Waals surface area contributed by atoms with E-state index in [9.17, 15) is 39.6 Å². The Morgan fingerprint density at radius 3 is 2.32 bits per heavy atom. The van der Waals surface area contributed by atoms with Crippen molar-refractivity contribution in [3.05, 3.63) is 88.1 Å². The van der Waals surface area contributed by atoms with Gasteiger partial charge in [-0.3, -0.25) is 39.0 Å². The number of nitrogens with zero attached hydrogens (tertiary/aromatic N) is 6. The number of aromatic hydroxyl groups is 2. The number of ketones is 1. The molecule has 5 N–H and O–H groups in total. The summed E-state index contributed by atoms with van der Waals surface area (Å²) in [4.78, 5) is 76.8. The van der Waals surface area contributed by atoms with Gasteiger partial charge >= 0.3 is 11.8 Å². The number of amides is 2. The van der Waals surface area contributed by atoms with Gasteiger partial charge in [-0.25, -0.2) is 0 Å². The summed E-state index contributed by atoms with van der Waals surface area (Å²) in [5.74, 6) is -6.56. The van der Waals surface area contributed by atoms with Crippen molar-refractivity contribution in [3.8, 4) is 17.2 Å². The number of carbonyl (C=O) groups is 4. The van der Waals surface area contributed by atoms with E-state index < -0.39 is 77.3 Å². The van der Waals surface area contributed by atoms with Crippen LogP contribution in [0, 0.1) is 30.6 Å². The van der Waals surface area contributed by atoms with Gasteiger partial charge in [0.2, 0.25) is 5.91 Å². The number of fused-ring (bicyclic) bond motifs is 13. The number of hydrogen-bond acceptors (Lipinski definition) is 16. The molecule has 9 rings (SSSR count). The number of ether oxygens (including phenoxy) is 3. The second-order valence-electron chi connectivity index (χ2n) is 21.1. The van der Waals surface area contributed by atoms with E-state index in [4.69, 9.17) is 24.2 Å². The summed E-state index contributed by atoms with van der Waals surface area (Å²) in [6.45, 7) is 19.2. The Morgan fingerprint density at radius 1 is 0.918 bits per heavy atom. The predicted octanol–water partition coefficient (Wildman–Crippen LogP) is 4.99. The number of aromatic nitrogens is 1. The van der Waals surface area contributed by atoms with Crippen molar-refractivity contribution in [1.82, 2.24) is 19.7 Å². The molecule has 5 bridgehead atoms. The van der Waals surface area contributed by atoms with Crippen LogP contribution in [-0.4, -0.2) is 139 Å². The van der Waals surface area contributed by atoms with Crippen molar-refractivity contribution >= 4 is 40.0 Å². The van der Waals surface area contributed by atoms with E-state index in [0.717, 1.165) is 12.2 Å². The van der Waals surface area contributed by atoms with E-state index in [2.05, 4.69) is 33.9 Å². The van der Waals surface area contributed by atoms with Crippen molar-refractivity contribution in [2.24, 2.45) is 33.7 Å². The predicted molar refractivity (Wildman–Crippen MR) is 272 cm³/mol. The molecule has 2 unspecified atom stereocenters. The lowest BCUT2D eigenvalue weighted by Crippen LogP contribution is -2.49. The average Bonchev–Trinajstić information content (AvgIpc) is 3.86. The first-order chi connectivity index (χ1) is 34.7. The highest BCUT2D eigenvalue weighted by Crippen LogP contribution is 2.50. The molecule has 6 aliphatic rings. The molecular weight excluding hydrogens is 935 g/mol. The largest absolute Gasteiger partial charge is 0.507 e. The number of aliphatic hydroxyl groups excluding tert-OH is 2. The fourth-order valence-corrected chi connectivity index (χ4v) is 10.7. The Morgan fingerprint density at radius 2 is 1.63 bits per heavy atom. The average molecular weight is 1010 g/mol. The standard InChI is InChI=1S/C55H71N7O11/c1-31(2)29-60-21-18-55(19-22-60)58-44-41-42-49(67)36(7)51-43(41)52(69)54(8,73-51)71-27-12-10-17-38(72-40(64)28-39(63)62-25-23-61(24-26-62)30-37-16-9-11-20-56-37)34(5)48(66)35(6)47(65)32(3)14-13-15-33(4)53(70)57-46(50(42)68)45(44)59-55/h9,11-16,20,27,31-32,34-35,38,47-48,65-68H,10,17-19,21-26,28-30H2,1-8H3,(H,57,70)/b14-13+,27-12+,33-15-/t32?,34-,35+,38+,47-,48?,54-/m0/s1. The van der Waals surface area contributed by atoms with Crippen LogP contribution >= 0.6 is 0 Å².